The van der Waals surface area contributed by atoms with Gasteiger partial charge in [0.15, 0.2) is 9.84 Å². The molecule has 0 aliphatic heterocycles. The number of hydrogen-bond acceptors (Lipinski definition) is 3. The molecule has 0 bridgehead atoms. The summed E-state index contributed by atoms with van der Waals surface area (Å²) >= 11 is 7.14. The summed E-state index contributed by atoms with van der Waals surface area (Å²) in [5, 5.41) is 9.81. The zero-order valence-electron chi connectivity index (χ0n) is 8.19. The van der Waals surface area contributed by atoms with Crippen LogP contribution in [0.2, 0.25) is 0 Å². The molecule has 0 amide bonds. The number of rotatable bonds is 3. The van der Waals surface area contributed by atoms with Crippen LogP contribution in [0.25, 0.3) is 0 Å². The fraction of sp³-hybridized carbons (Fsp3) is 0.333. The summed E-state index contributed by atoms with van der Waals surface area (Å²) < 4.78 is 34.1. The van der Waals surface area contributed by atoms with Gasteiger partial charge in [-0.2, -0.15) is 0 Å². The Bertz CT molecular complexity index is 489. The van der Waals surface area contributed by atoms with Crippen molar-refractivity contribution in [2.24, 2.45) is 0 Å². The first-order valence-corrected chi connectivity index (χ1v) is 7.52. The van der Waals surface area contributed by atoms with Crippen molar-refractivity contribution in [1.82, 2.24) is 0 Å². The van der Waals surface area contributed by atoms with Gasteiger partial charge < -0.3 is 5.11 Å². The van der Waals surface area contributed by atoms with E-state index in [1.54, 1.807) is 0 Å². The van der Waals surface area contributed by atoms with Crippen LogP contribution in [0, 0.1) is 5.82 Å². The van der Waals surface area contributed by atoms with Gasteiger partial charge in [0.05, 0.1) is 0 Å². The van der Waals surface area contributed by atoms with Crippen molar-refractivity contribution in [3.8, 4) is 0 Å². The maximum absolute atomic E-state index is 13.3. The van der Waals surface area contributed by atoms with Gasteiger partial charge in [-0.25, -0.2) is 12.8 Å². The second kappa shape index (κ2) is 4.75. The lowest BCUT2D eigenvalue weighted by molar-refractivity contribution is 0.183. The molecule has 0 aliphatic carbocycles. The third kappa shape index (κ3) is 2.66. The van der Waals surface area contributed by atoms with E-state index in [-0.39, 0.29) is 5.56 Å². The first-order chi connectivity index (χ1) is 7.18. The molecule has 0 heterocycles. The first-order valence-electron chi connectivity index (χ1n) is 4.18. The highest BCUT2D eigenvalue weighted by Crippen LogP contribution is 2.43. The molecule has 0 aliphatic rings. The molecule has 1 rings (SSSR count). The van der Waals surface area contributed by atoms with Gasteiger partial charge in [-0.3, -0.25) is 0 Å². The summed E-state index contributed by atoms with van der Waals surface area (Å²) in [6, 6.07) is 5.36. The number of benzene rings is 1. The Hall–Kier alpha value is 0.0800. The lowest BCUT2D eigenvalue weighted by atomic mass is 10.1. The van der Waals surface area contributed by atoms with E-state index >= 15 is 0 Å². The Morgan fingerprint density at radius 1 is 1.50 bits per heavy atom. The van der Waals surface area contributed by atoms with Crippen molar-refractivity contribution >= 4 is 44.0 Å². The molecule has 7 heteroatoms. The molecule has 0 saturated carbocycles. The summed E-state index contributed by atoms with van der Waals surface area (Å²) in [5.74, 6) is -0.694. The molecule has 3 nitrogen and oxygen atoms in total. The Morgan fingerprint density at radius 2 is 2.00 bits per heavy atom. The minimum atomic E-state index is -3.73. The van der Waals surface area contributed by atoms with E-state index in [0.717, 1.165) is 12.3 Å². The lowest BCUT2D eigenvalue weighted by Gasteiger charge is -2.24. The van der Waals surface area contributed by atoms with Crippen LogP contribution >= 0.6 is 34.2 Å². The molecule has 0 unspecified atom stereocenters. The van der Waals surface area contributed by atoms with Gasteiger partial charge in [0.1, 0.15) is 11.9 Å². The predicted octanol–water partition coefficient (Wildman–Crippen LogP) is 2.23. The standard InChI is InChI=1S/C9H9ClFIO3S/c1-16(14,15)9(10,12)8(13)6-4-2-3-5-7(6)11/h2-5,8,13H,1H3/t8-,9-/m1/s1. The second-order valence-corrected chi connectivity index (χ2v) is 9.34. The summed E-state index contributed by atoms with van der Waals surface area (Å²) in [7, 11) is -3.73. The highest BCUT2D eigenvalue weighted by Gasteiger charge is 2.44. The summed E-state index contributed by atoms with van der Waals surface area (Å²) in [5.41, 5.74) is -0.141. The number of aliphatic hydroxyl groups is 1. The number of sulfone groups is 1. The maximum atomic E-state index is 13.3. The average molecular weight is 379 g/mol. The Labute approximate surface area is 112 Å². The second-order valence-electron chi connectivity index (χ2n) is 3.26. The smallest absolute Gasteiger partial charge is 0.225 e. The minimum absolute atomic E-state index is 0.141. The van der Waals surface area contributed by atoms with Crippen LogP contribution in [-0.4, -0.2) is 22.0 Å². The van der Waals surface area contributed by atoms with Crippen LogP contribution in [0.3, 0.4) is 0 Å². The third-order valence-corrected chi connectivity index (χ3v) is 7.26. The van der Waals surface area contributed by atoms with Crippen molar-refractivity contribution in [2.45, 2.75) is 8.32 Å². The first kappa shape index (κ1) is 14.1. The molecule has 0 spiro atoms. The average Bonchev–Trinajstić information content (AvgIpc) is 2.15. The molecule has 90 valence electrons. The Morgan fingerprint density at radius 3 is 2.44 bits per heavy atom. The number of alkyl halides is 2. The lowest BCUT2D eigenvalue weighted by Crippen LogP contribution is -2.32. The Kier molecular flexibility index (Phi) is 4.20. The summed E-state index contributed by atoms with van der Waals surface area (Å²) in [6.45, 7) is 0. The van der Waals surface area contributed by atoms with Gasteiger partial charge in [-0.1, -0.05) is 29.8 Å². The topological polar surface area (TPSA) is 54.4 Å². The van der Waals surface area contributed by atoms with Crippen molar-refractivity contribution in [3.63, 3.8) is 0 Å². The molecule has 16 heavy (non-hydrogen) atoms. The number of hydrogen-bond donors (Lipinski definition) is 1. The fourth-order valence-corrected chi connectivity index (χ4v) is 2.07. The maximum Gasteiger partial charge on any atom is 0.225 e. The van der Waals surface area contributed by atoms with Crippen molar-refractivity contribution in [2.75, 3.05) is 6.26 Å². The molecule has 0 aromatic heterocycles. The van der Waals surface area contributed by atoms with E-state index in [0.29, 0.717) is 0 Å². The van der Waals surface area contributed by atoms with Crippen LogP contribution in [0.1, 0.15) is 11.7 Å². The van der Waals surface area contributed by atoms with Crippen molar-refractivity contribution < 1.29 is 17.9 Å². The number of aliphatic hydroxyl groups excluding tert-OH is 1. The van der Waals surface area contributed by atoms with Crippen LogP contribution in [0.4, 0.5) is 4.39 Å². The molecular formula is C9H9ClFIO3S. The molecule has 2 atom stereocenters. The molecule has 0 saturated heterocycles. The molecule has 1 aromatic rings. The molecular weight excluding hydrogens is 370 g/mol. The predicted molar refractivity (Wildman–Crippen MR) is 68.8 cm³/mol. The number of halogens is 3. The van der Waals surface area contributed by atoms with Crippen molar-refractivity contribution in [3.05, 3.63) is 35.6 Å². The SMILES string of the molecule is CS(=O)(=O)[C@](Cl)(I)[C@H](O)c1ccccc1F. The zero-order valence-corrected chi connectivity index (χ0v) is 11.9. The van der Waals surface area contributed by atoms with Gasteiger partial charge in [-0.15, -0.1) is 0 Å². The van der Waals surface area contributed by atoms with Crippen molar-refractivity contribution in [1.29, 1.82) is 0 Å². The van der Waals surface area contributed by atoms with Crippen LogP contribution in [0.5, 0.6) is 0 Å². The summed E-state index contributed by atoms with van der Waals surface area (Å²) in [4.78, 5) is 0. The van der Waals surface area contributed by atoms with Gasteiger partial charge >= 0.3 is 0 Å². The van der Waals surface area contributed by atoms with Gasteiger partial charge in [0.25, 0.3) is 0 Å². The minimum Gasteiger partial charge on any atom is -0.384 e. The molecule has 1 aromatic carbocycles. The molecule has 0 fully saturated rings. The molecule has 1 N–H and O–H groups in total. The van der Waals surface area contributed by atoms with Crippen LogP contribution < -0.4 is 0 Å². The van der Waals surface area contributed by atoms with E-state index in [9.17, 15) is 17.9 Å². The molecule has 0 radical (unpaired) electrons. The normalized spacial score (nSPS) is 17.8. The Balaban J connectivity index is 3.23. The highest BCUT2D eigenvalue weighted by molar-refractivity contribution is 14.1. The van der Waals surface area contributed by atoms with Gasteiger partial charge in [-0.05, 0) is 28.7 Å². The highest BCUT2D eigenvalue weighted by atomic mass is 127. The van der Waals surface area contributed by atoms with Gasteiger partial charge in [0.2, 0.25) is 2.21 Å². The van der Waals surface area contributed by atoms with E-state index in [2.05, 4.69) is 0 Å². The van der Waals surface area contributed by atoms with E-state index < -0.39 is 24.0 Å². The van der Waals surface area contributed by atoms with Crippen LogP contribution in [0.15, 0.2) is 24.3 Å². The van der Waals surface area contributed by atoms with Crippen LogP contribution in [-0.2, 0) is 9.84 Å². The largest absolute Gasteiger partial charge is 0.384 e. The third-order valence-electron chi connectivity index (χ3n) is 2.01. The van der Waals surface area contributed by atoms with E-state index in [1.165, 1.54) is 40.8 Å². The van der Waals surface area contributed by atoms with E-state index in [1.807, 2.05) is 0 Å². The quantitative estimate of drug-likeness (QED) is 0.648. The van der Waals surface area contributed by atoms with Gasteiger partial charge in [0, 0.05) is 11.8 Å². The zero-order chi connectivity index (χ0) is 12.6. The summed E-state index contributed by atoms with van der Waals surface area (Å²) in [6.07, 6.45) is -0.748. The fourth-order valence-electron chi connectivity index (χ4n) is 1.08. The van der Waals surface area contributed by atoms with E-state index in [4.69, 9.17) is 11.6 Å². The monoisotopic (exact) mass is 378 g/mol.